The molecule has 2 nitrogen and oxygen atoms in total. The van der Waals surface area contributed by atoms with Crippen LogP contribution < -0.4 is 0 Å². The van der Waals surface area contributed by atoms with E-state index in [4.69, 9.17) is 5.11 Å². The van der Waals surface area contributed by atoms with Gasteiger partial charge in [0.1, 0.15) is 0 Å². The normalized spacial score (nSPS) is 7.10. The summed E-state index contributed by atoms with van der Waals surface area (Å²) < 4.78 is 3.06. The summed E-state index contributed by atoms with van der Waals surface area (Å²) in [5.41, 5.74) is 0. The number of carbonyl (C=O) groups is 1. The summed E-state index contributed by atoms with van der Waals surface area (Å²) in [4.78, 5) is 9.37. The molecule has 0 radical (unpaired) electrons. The molecule has 0 amide bonds. The van der Waals surface area contributed by atoms with Crippen LogP contribution in [0, 0.1) is 0 Å². The van der Waals surface area contributed by atoms with Crippen LogP contribution in [0.4, 0.5) is 0 Å². The minimum atomic E-state index is -0.745. The predicted molar refractivity (Wildman–Crippen MR) is 44.6 cm³/mol. The van der Waals surface area contributed by atoms with Crippen LogP contribution in [-0.2, 0) is 4.79 Å². The molecule has 3 heteroatoms. The fraction of sp³-hybridized carbons (Fsp3) is 0.857. The summed E-state index contributed by atoms with van der Waals surface area (Å²) in [6.07, 6.45) is 0.222. The van der Waals surface area contributed by atoms with Gasteiger partial charge in [-0.3, -0.25) is 4.79 Å². The Morgan fingerprint density at radius 3 is 1.60 bits per heavy atom. The molecule has 0 atom stereocenters. The molecule has 0 aliphatic carbocycles. The predicted octanol–water partition coefficient (Wildman–Crippen LogP) is 2.05. The van der Waals surface area contributed by atoms with Gasteiger partial charge in [0.25, 0.3) is 0 Å². The maximum absolute atomic E-state index is 9.37. The molecule has 0 unspecified atom stereocenters. The van der Waals surface area contributed by atoms with Gasteiger partial charge in [-0.1, -0.05) is 6.92 Å². The van der Waals surface area contributed by atoms with Crippen molar-refractivity contribution in [1.29, 1.82) is 0 Å². The van der Waals surface area contributed by atoms with Gasteiger partial charge in [-0.15, -0.1) is 0 Å². The fourth-order valence-electron chi connectivity index (χ4n) is 0.354. The first kappa shape index (κ1) is 13.3. The zero-order valence-electron chi connectivity index (χ0n) is 7.18. The Morgan fingerprint density at radius 2 is 1.60 bits per heavy atom. The third kappa shape index (κ3) is 23.3. The fourth-order valence-corrected chi connectivity index (χ4v) is 1.46. The number of aliphatic carboxylic acids is 1. The summed E-state index contributed by atoms with van der Waals surface area (Å²) in [7, 11) is 0. The number of carboxylic acids is 1. The van der Waals surface area contributed by atoms with E-state index in [1.54, 1.807) is 6.92 Å². The van der Waals surface area contributed by atoms with Gasteiger partial charge in [0.2, 0.25) is 0 Å². The Labute approximate surface area is 81.3 Å². The summed E-state index contributed by atoms with van der Waals surface area (Å²) >= 11 is 0.0972. The average molecular weight is 172 g/mol. The van der Waals surface area contributed by atoms with Crippen LogP contribution in [0.2, 0.25) is 5.04 Å². The topological polar surface area (TPSA) is 37.3 Å². The minimum absolute atomic E-state index is 0.0972. The molecule has 0 saturated carbocycles. The van der Waals surface area contributed by atoms with Crippen LogP contribution in [0.3, 0.4) is 0 Å². The molecule has 0 saturated heterocycles. The van der Waals surface area contributed by atoms with Crippen molar-refractivity contribution >= 4 is 39.8 Å². The Bertz CT molecular complexity index is 72.0. The first-order valence-corrected chi connectivity index (χ1v) is 7.03. The molecular weight excluding hydrogens is 156 g/mol. The van der Waals surface area contributed by atoms with Crippen LogP contribution >= 0.6 is 0 Å². The van der Waals surface area contributed by atoms with E-state index in [9.17, 15) is 4.79 Å². The van der Waals surface area contributed by atoms with E-state index in [2.05, 4.69) is 13.8 Å². The summed E-state index contributed by atoms with van der Waals surface area (Å²) in [6, 6.07) is 0. The quantitative estimate of drug-likeness (QED) is 0.661. The van der Waals surface area contributed by atoms with Gasteiger partial charge in [-0.25, -0.2) is 0 Å². The zero-order valence-corrected chi connectivity index (χ0v) is 9.39. The molecule has 10 heavy (non-hydrogen) atoms. The second-order valence-corrected chi connectivity index (χ2v) is 6.33. The van der Waals surface area contributed by atoms with E-state index in [0.717, 1.165) is 0 Å². The van der Waals surface area contributed by atoms with Crippen molar-refractivity contribution in [2.75, 3.05) is 0 Å². The van der Waals surface area contributed by atoms with E-state index in [1.807, 2.05) is 0 Å². The van der Waals surface area contributed by atoms with Gasteiger partial charge in [0.05, 0.1) is 0 Å². The first-order valence-electron chi connectivity index (χ1n) is 3.90. The SMILES string of the molecule is CCC(=O)O.C[CH2][Ca][CH2]C. The second kappa shape index (κ2) is 12.4. The summed E-state index contributed by atoms with van der Waals surface area (Å²) in [6.45, 7) is 6.19. The third-order valence-corrected chi connectivity index (χ3v) is 3.22. The van der Waals surface area contributed by atoms with Crippen molar-refractivity contribution in [1.82, 2.24) is 0 Å². The number of rotatable bonds is 3. The van der Waals surface area contributed by atoms with Crippen molar-refractivity contribution in [3.8, 4) is 0 Å². The van der Waals surface area contributed by atoms with Crippen molar-refractivity contribution in [2.45, 2.75) is 32.2 Å². The van der Waals surface area contributed by atoms with Gasteiger partial charge in [-0.2, -0.15) is 0 Å². The van der Waals surface area contributed by atoms with Gasteiger partial charge in [0.15, 0.2) is 0 Å². The van der Waals surface area contributed by atoms with Crippen molar-refractivity contribution in [3.63, 3.8) is 0 Å². The molecule has 0 bridgehead atoms. The molecule has 0 heterocycles. The summed E-state index contributed by atoms with van der Waals surface area (Å²) in [5.74, 6) is -0.745. The molecular formula is C7H16CaO2. The van der Waals surface area contributed by atoms with Crippen molar-refractivity contribution < 1.29 is 9.90 Å². The molecule has 0 aromatic rings. The Balaban J connectivity index is 0. The van der Waals surface area contributed by atoms with Crippen LogP contribution in [0.25, 0.3) is 0 Å². The van der Waals surface area contributed by atoms with Gasteiger partial charge < -0.3 is 5.11 Å². The van der Waals surface area contributed by atoms with Gasteiger partial charge >= 0.3 is 58.7 Å². The molecule has 0 aliphatic heterocycles. The number of carboxylic acid groups (broad SMARTS) is 1. The molecule has 0 spiro atoms. The third-order valence-electron chi connectivity index (χ3n) is 1.01. The van der Waals surface area contributed by atoms with Gasteiger partial charge in [-0.05, 0) is 0 Å². The van der Waals surface area contributed by atoms with Crippen LogP contribution in [0.5, 0.6) is 0 Å². The molecule has 0 aromatic heterocycles. The summed E-state index contributed by atoms with van der Waals surface area (Å²) in [5, 5.41) is 7.72. The van der Waals surface area contributed by atoms with Crippen LogP contribution in [-0.4, -0.2) is 44.9 Å². The standard InChI is InChI=1S/C3H6O2.2C2H5.Ca/c1-2-3(4)5;2*1-2;/h2H2,1H3,(H,4,5);2*1H2,2H3;. The molecule has 1 N–H and O–H groups in total. The maximum atomic E-state index is 9.37. The van der Waals surface area contributed by atoms with E-state index in [0.29, 0.717) is 0 Å². The molecule has 58 valence electrons. The number of hydrogen-bond donors (Lipinski definition) is 1. The Morgan fingerprint density at radius 1 is 1.30 bits per heavy atom. The van der Waals surface area contributed by atoms with E-state index < -0.39 is 5.97 Å². The van der Waals surface area contributed by atoms with E-state index in [1.165, 1.54) is 5.04 Å². The monoisotopic (exact) mass is 172 g/mol. The van der Waals surface area contributed by atoms with E-state index in [-0.39, 0.29) is 40.3 Å². The number of hydrogen-bond acceptors (Lipinski definition) is 1. The first-order chi connectivity index (χ1) is 4.68. The zero-order chi connectivity index (χ0) is 8.41. The van der Waals surface area contributed by atoms with Crippen molar-refractivity contribution in [2.24, 2.45) is 0 Å². The molecule has 0 aliphatic rings. The van der Waals surface area contributed by atoms with Crippen molar-refractivity contribution in [3.05, 3.63) is 0 Å². The molecule has 0 fully saturated rings. The van der Waals surface area contributed by atoms with Crippen LogP contribution in [0.15, 0.2) is 0 Å². The van der Waals surface area contributed by atoms with E-state index >= 15 is 0 Å². The van der Waals surface area contributed by atoms with Crippen LogP contribution in [0.1, 0.15) is 27.2 Å². The van der Waals surface area contributed by atoms with Gasteiger partial charge in [0, 0.05) is 6.42 Å². The molecule has 0 rings (SSSR count). The Kier molecular flexibility index (Phi) is 16.5. The average Bonchev–Trinajstić information content (AvgIpc) is 1.91. The molecule has 0 aromatic carbocycles. The Hall–Kier alpha value is 0.730. The second-order valence-electron chi connectivity index (χ2n) is 2.10.